The second kappa shape index (κ2) is 8.72. The highest BCUT2D eigenvalue weighted by atomic mass is 16.5. The van der Waals surface area contributed by atoms with Gasteiger partial charge in [-0.05, 0) is 36.1 Å². The maximum atomic E-state index is 13.0. The summed E-state index contributed by atoms with van der Waals surface area (Å²) in [5.41, 5.74) is 2.03. The first kappa shape index (κ1) is 18.3. The minimum Gasteiger partial charge on any atom is -0.493 e. The standard InChI is InChI=1S/C21H26N2O3/c1-25-18-11-10-16(14-19(18)26-2)15-22-20(17-8-4-3-5-9-17)21(24)23-12-6-7-13-23/h3-5,8-11,14,20,22H,6-7,12-13,15H2,1-2H3/t20-/m0/s1. The zero-order chi connectivity index (χ0) is 18.4. The van der Waals surface area contributed by atoms with Crippen LogP contribution in [0.15, 0.2) is 48.5 Å². The van der Waals surface area contributed by atoms with Crippen LogP contribution < -0.4 is 14.8 Å². The van der Waals surface area contributed by atoms with Gasteiger partial charge in [0.2, 0.25) is 5.91 Å². The molecule has 0 aromatic heterocycles. The molecule has 1 N–H and O–H groups in total. The van der Waals surface area contributed by atoms with Crippen molar-refractivity contribution in [3.8, 4) is 11.5 Å². The molecule has 1 heterocycles. The van der Waals surface area contributed by atoms with Crippen LogP contribution >= 0.6 is 0 Å². The Balaban J connectivity index is 1.76. The summed E-state index contributed by atoms with van der Waals surface area (Å²) in [6.07, 6.45) is 2.17. The molecule has 1 saturated heterocycles. The van der Waals surface area contributed by atoms with Crippen LogP contribution in [0.4, 0.5) is 0 Å². The minimum atomic E-state index is -0.345. The maximum Gasteiger partial charge on any atom is 0.244 e. The Morgan fingerprint density at radius 2 is 1.73 bits per heavy atom. The van der Waals surface area contributed by atoms with Crippen molar-refractivity contribution in [1.82, 2.24) is 10.2 Å². The highest BCUT2D eigenvalue weighted by Gasteiger charge is 2.27. The molecule has 5 heteroatoms. The number of methoxy groups -OCH3 is 2. The van der Waals surface area contributed by atoms with Crippen LogP contribution in [0.1, 0.15) is 30.0 Å². The Hall–Kier alpha value is -2.53. The van der Waals surface area contributed by atoms with Gasteiger partial charge in [-0.1, -0.05) is 36.4 Å². The average molecular weight is 354 g/mol. The van der Waals surface area contributed by atoms with Crippen molar-refractivity contribution in [2.75, 3.05) is 27.3 Å². The largest absolute Gasteiger partial charge is 0.493 e. The first-order valence-corrected chi connectivity index (χ1v) is 9.01. The van der Waals surface area contributed by atoms with Gasteiger partial charge in [-0.2, -0.15) is 0 Å². The van der Waals surface area contributed by atoms with Crippen LogP contribution in [-0.4, -0.2) is 38.1 Å². The molecule has 1 aliphatic heterocycles. The molecule has 0 bridgehead atoms. The van der Waals surface area contributed by atoms with E-state index in [1.807, 2.05) is 53.4 Å². The number of nitrogens with one attached hydrogen (secondary N) is 1. The van der Waals surface area contributed by atoms with Crippen molar-refractivity contribution < 1.29 is 14.3 Å². The number of nitrogens with zero attached hydrogens (tertiary/aromatic N) is 1. The van der Waals surface area contributed by atoms with E-state index in [2.05, 4.69) is 5.32 Å². The fourth-order valence-corrected chi connectivity index (χ4v) is 3.32. The van der Waals surface area contributed by atoms with Crippen LogP contribution in [0, 0.1) is 0 Å². The molecule has 0 unspecified atom stereocenters. The van der Waals surface area contributed by atoms with Gasteiger partial charge < -0.3 is 14.4 Å². The smallest absolute Gasteiger partial charge is 0.244 e. The summed E-state index contributed by atoms with van der Waals surface area (Å²) < 4.78 is 10.7. The molecule has 138 valence electrons. The van der Waals surface area contributed by atoms with Crippen molar-refractivity contribution in [3.63, 3.8) is 0 Å². The van der Waals surface area contributed by atoms with Gasteiger partial charge in [0.1, 0.15) is 6.04 Å². The quantitative estimate of drug-likeness (QED) is 0.830. The van der Waals surface area contributed by atoms with Crippen molar-refractivity contribution in [2.24, 2.45) is 0 Å². The Kier molecular flexibility index (Phi) is 6.12. The summed E-state index contributed by atoms with van der Waals surface area (Å²) in [7, 11) is 3.24. The summed E-state index contributed by atoms with van der Waals surface area (Å²) in [5, 5.41) is 3.43. The van der Waals surface area contributed by atoms with E-state index in [1.165, 1.54) is 0 Å². The lowest BCUT2D eigenvalue weighted by atomic mass is 10.0. The molecule has 0 radical (unpaired) electrons. The molecule has 5 nitrogen and oxygen atoms in total. The number of hydrogen-bond donors (Lipinski definition) is 1. The van der Waals surface area contributed by atoms with E-state index < -0.39 is 0 Å². The lowest BCUT2D eigenvalue weighted by Crippen LogP contribution is -2.39. The molecule has 1 amide bonds. The molecule has 0 saturated carbocycles. The molecule has 1 fully saturated rings. The second-order valence-corrected chi connectivity index (χ2v) is 6.45. The molecule has 1 aliphatic rings. The number of ether oxygens (including phenoxy) is 2. The molecule has 3 rings (SSSR count). The third kappa shape index (κ3) is 4.17. The fraction of sp³-hybridized carbons (Fsp3) is 0.381. The predicted octanol–water partition coefficient (Wildman–Crippen LogP) is 3.16. The van der Waals surface area contributed by atoms with E-state index in [4.69, 9.17) is 9.47 Å². The molecule has 2 aromatic rings. The number of carbonyl (C=O) groups is 1. The first-order valence-electron chi connectivity index (χ1n) is 9.01. The predicted molar refractivity (Wildman–Crippen MR) is 101 cm³/mol. The number of rotatable bonds is 7. The topological polar surface area (TPSA) is 50.8 Å². The zero-order valence-electron chi connectivity index (χ0n) is 15.4. The Labute approximate surface area is 154 Å². The van der Waals surface area contributed by atoms with Crippen molar-refractivity contribution >= 4 is 5.91 Å². The third-order valence-corrected chi connectivity index (χ3v) is 4.76. The van der Waals surface area contributed by atoms with Crippen LogP contribution in [0.3, 0.4) is 0 Å². The van der Waals surface area contributed by atoms with Crippen molar-refractivity contribution in [3.05, 3.63) is 59.7 Å². The summed E-state index contributed by atoms with van der Waals surface area (Å²) in [6, 6.07) is 15.4. The molecule has 0 spiro atoms. The van der Waals surface area contributed by atoms with Gasteiger partial charge in [0, 0.05) is 19.6 Å². The van der Waals surface area contributed by atoms with E-state index in [-0.39, 0.29) is 11.9 Å². The molecule has 26 heavy (non-hydrogen) atoms. The number of carbonyl (C=O) groups excluding carboxylic acids is 1. The van der Waals surface area contributed by atoms with Gasteiger partial charge >= 0.3 is 0 Å². The van der Waals surface area contributed by atoms with Crippen LogP contribution in [0.5, 0.6) is 11.5 Å². The Morgan fingerprint density at radius 1 is 1.04 bits per heavy atom. The Bertz CT molecular complexity index is 727. The van der Waals surface area contributed by atoms with E-state index in [0.717, 1.165) is 37.1 Å². The van der Waals surface area contributed by atoms with Gasteiger partial charge in [-0.3, -0.25) is 10.1 Å². The summed E-state index contributed by atoms with van der Waals surface area (Å²) in [4.78, 5) is 15.0. The third-order valence-electron chi connectivity index (χ3n) is 4.76. The normalized spacial score (nSPS) is 14.9. The van der Waals surface area contributed by atoms with Gasteiger partial charge in [-0.25, -0.2) is 0 Å². The monoisotopic (exact) mass is 354 g/mol. The van der Waals surface area contributed by atoms with Crippen LogP contribution in [-0.2, 0) is 11.3 Å². The van der Waals surface area contributed by atoms with Crippen LogP contribution in [0.2, 0.25) is 0 Å². The van der Waals surface area contributed by atoms with Gasteiger partial charge in [0.25, 0.3) is 0 Å². The molecular formula is C21H26N2O3. The summed E-state index contributed by atoms with van der Waals surface area (Å²) >= 11 is 0. The van der Waals surface area contributed by atoms with Crippen molar-refractivity contribution in [1.29, 1.82) is 0 Å². The molecule has 1 atom stereocenters. The van der Waals surface area contributed by atoms with Crippen molar-refractivity contribution in [2.45, 2.75) is 25.4 Å². The molecular weight excluding hydrogens is 328 g/mol. The van der Waals surface area contributed by atoms with E-state index >= 15 is 0 Å². The van der Waals surface area contributed by atoms with E-state index in [9.17, 15) is 4.79 Å². The SMILES string of the molecule is COc1ccc(CN[C@H](C(=O)N2CCCC2)c2ccccc2)cc1OC. The number of hydrogen-bond acceptors (Lipinski definition) is 4. The van der Waals surface area contributed by atoms with E-state index in [0.29, 0.717) is 18.0 Å². The number of likely N-dealkylation sites (tertiary alicyclic amines) is 1. The summed E-state index contributed by atoms with van der Waals surface area (Å²) in [5.74, 6) is 1.53. The molecule has 0 aliphatic carbocycles. The average Bonchev–Trinajstić information content (AvgIpc) is 3.23. The number of benzene rings is 2. The van der Waals surface area contributed by atoms with Gasteiger partial charge in [0.05, 0.1) is 14.2 Å². The maximum absolute atomic E-state index is 13.0. The minimum absolute atomic E-state index is 0.147. The Morgan fingerprint density at radius 3 is 2.38 bits per heavy atom. The highest BCUT2D eigenvalue weighted by Crippen LogP contribution is 2.28. The number of amides is 1. The van der Waals surface area contributed by atoms with Gasteiger partial charge in [0.15, 0.2) is 11.5 Å². The molecule has 2 aromatic carbocycles. The second-order valence-electron chi connectivity index (χ2n) is 6.45. The van der Waals surface area contributed by atoms with Crippen LogP contribution in [0.25, 0.3) is 0 Å². The highest BCUT2D eigenvalue weighted by molar-refractivity contribution is 5.83. The zero-order valence-corrected chi connectivity index (χ0v) is 15.4. The summed E-state index contributed by atoms with van der Waals surface area (Å²) in [6.45, 7) is 2.26. The van der Waals surface area contributed by atoms with Gasteiger partial charge in [-0.15, -0.1) is 0 Å². The fourth-order valence-electron chi connectivity index (χ4n) is 3.32. The lowest BCUT2D eigenvalue weighted by Gasteiger charge is -2.24. The lowest BCUT2D eigenvalue weighted by molar-refractivity contribution is -0.132. The first-order chi connectivity index (χ1) is 12.7. The van der Waals surface area contributed by atoms with E-state index in [1.54, 1.807) is 14.2 Å².